The number of hydrogen-bond acceptors (Lipinski definition) is 5. The van der Waals surface area contributed by atoms with Gasteiger partial charge in [0.25, 0.3) is 0 Å². The summed E-state index contributed by atoms with van der Waals surface area (Å²) in [5, 5.41) is 22.8. The quantitative estimate of drug-likeness (QED) is 0.533. The predicted octanol–water partition coefficient (Wildman–Crippen LogP) is 4.06. The second-order valence-electron chi connectivity index (χ2n) is 6.02. The van der Waals surface area contributed by atoms with Crippen LogP contribution in [0, 0.1) is 0 Å². The van der Waals surface area contributed by atoms with Crippen LogP contribution in [-0.2, 0) is 11.3 Å². The van der Waals surface area contributed by atoms with Crippen LogP contribution in [0.15, 0.2) is 53.0 Å². The topological polar surface area (TPSA) is 88.0 Å². The van der Waals surface area contributed by atoms with Gasteiger partial charge in [0.1, 0.15) is 18.5 Å². The summed E-state index contributed by atoms with van der Waals surface area (Å²) in [6.45, 7) is 0.121. The van der Waals surface area contributed by atoms with E-state index in [1.807, 2.05) is 18.2 Å². The van der Waals surface area contributed by atoms with Gasteiger partial charge in [-0.3, -0.25) is 0 Å². The molecule has 2 aromatic carbocycles. The van der Waals surface area contributed by atoms with Gasteiger partial charge < -0.3 is 25.0 Å². The molecule has 2 unspecified atom stereocenters. The zero-order valence-electron chi connectivity index (χ0n) is 15.0. The summed E-state index contributed by atoms with van der Waals surface area (Å²) in [6, 6.07) is 12.3. The molecule has 29 heavy (non-hydrogen) atoms. The molecule has 10 heteroatoms. The van der Waals surface area contributed by atoms with Crippen molar-refractivity contribution in [3.8, 4) is 5.75 Å². The Kier molecular flexibility index (Phi) is 8.30. The van der Waals surface area contributed by atoms with Crippen LogP contribution in [0.3, 0.4) is 0 Å². The van der Waals surface area contributed by atoms with Gasteiger partial charge in [0.15, 0.2) is 0 Å². The molecule has 2 aromatic rings. The molecule has 0 bridgehead atoms. The van der Waals surface area contributed by atoms with Gasteiger partial charge in [-0.2, -0.15) is 0 Å². The highest BCUT2D eigenvalue weighted by Crippen LogP contribution is 2.32. The van der Waals surface area contributed by atoms with E-state index in [1.54, 1.807) is 12.1 Å². The molecule has 158 valence electrons. The Morgan fingerprint density at radius 1 is 1.14 bits per heavy atom. The van der Waals surface area contributed by atoms with Crippen LogP contribution in [0.5, 0.6) is 5.75 Å². The first-order valence-corrected chi connectivity index (χ1v) is 9.31. The van der Waals surface area contributed by atoms with Crippen molar-refractivity contribution in [1.29, 1.82) is 0 Å². The third-order valence-corrected chi connectivity index (χ3v) is 4.50. The number of aliphatic hydroxyl groups is 2. The SMILES string of the molecule is O=C(NCCC(O)C(O)c1ccc(OC(F)(F)F)cc1Br)OCc1ccccc1. The number of alkyl carbamates (subject to hydrolysis) is 1. The van der Waals surface area contributed by atoms with Crippen molar-refractivity contribution >= 4 is 22.0 Å². The van der Waals surface area contributed by atoms with Gasteiger partial charge in [0.2, 0.25) is 0 Å². The molecule has 0 aliphatic heterocycles. The fraction of sp³-hybridized carbons (Fsp3) is 0.316. The molecule has 1 amide bonds. The molecule has 0 saturated heterocycles. The van der Waals surface area contributed by atoms with Gasteiger partial charge in [0, 0.05) is 11.0 Å². The molecule has 0 radical (unpaired) electrons. The first-order valence-electron chi connectivity index (χ1n) is 8.51. The van der Waals surface area contributed by atoms with E-state index < -0.39 is 30.4 Å². The van der Waals surface area contributed by atoms with Crippen molar-refractivity contribution in [3.05, 3.63) is 64.1 Å². The Morgan fingerprint density at radius 2 is 1.83 bits per heavy atom. The average Bonchev–Trinajstić information content (AvgIpc) is 2.65. The Morgan fingerprint density at radius 3 is 2.45 bits per heavy atom. The number of hydrogen-bond donors (Lipinski definition) is 3. The highest BCUT2D eigenvalue weighted by molar-refractivity contribution is 9.10. The van der Waals surface area contributed by atoms with Crippen LogP contribution in [0.4, 0.5) is 18.0 Å². The lowest BCUT2D eigenvalue weighted by Crippen LogP contribution is -2.29. The van der Waals surface area contributed by atoms with Crippen molar-refractivity contribution in [2.75, 3.05) is 6.54 Å². The molecule has 0 heterocycles. The molecule has 2 atom stereocenters. The number of ether oxygens (including phenoxy) is 2. The lowest BCUT2D eigenvalue weighted by atomic mass is 10.0. The van der Waals surface area contributed by atoms with Crippen LogP contribution < -0.4 is 10.1 Å². The first kappa shape index (κ1) is 23.0. The molecule has 0 aliphatic rings. The summed E-state index contributed by atoms with van der Waals surface area (Å²) in [5.41, 5.74) is 1.000. The summed E-state index contributed by atoms with van der Waals surface area (Å²) < 4.78 is 45.7. The maximum Gasteiger partial charge on any atom is 0.573 e. The number of carbonyl (C=O) groups is 1. The van der Waals surface area contributed by atoms with Crippen LogP contribution in [0.1, 0.15) is 23.7 Å². The Balaban J connectivity index is 1.79. The molecule has 0 aromatic heterocycles. The van der Waals surface area contributed by atoms with Gasteiger partial charge in [-0.05, 0) is 29.7 Å². The minimum absolute atomic E-state index is 0.00511. The molecule has 6 nitrogen and oxygen atoms in total. The molecule has 3 N–H and O–H groups in total. The molecule has 2 rings (SSSR count). The molecule has 0 spiro atoms. The smallest absolute Gasteiger partial charge is 0.445 e. The number of halogens is 4. The third kappa shape index (κ3) is 7.92. The zero-order valence-corrected chi connectivity index (χ0v) is 16.6. The molecule has 0 fully saturated rings. The summed E-state index contributed by atoms with van der Waals surface area (Å²) in [6.07, 6.45) is -8.17. The van der Waals surface area contributed by atoms with Crippen molar-refractivity contribution in [2.45, 2.75) is 31.6 Å². The lowest BCUT2D eigenvalue weighted by Gasteiger charge is -2.20. The standard InChI is InChI=1S/C19H19BrF3NO5/c20-15-10-13(29-19(21,22)23)6-7-14(15)17(26)16(25)8-9-24-18(27)28-11-12-4-2-1-3-5-12/h1-7,10,16-17,25-26H,8-9,11H2,(H,24,27). The average molecular weight is 478 g/mol. The van der Waals surface area contributed by atoms with E-state index in [0.29, 0.717) is 0 Å². The van der Waals surface area contributed by atoms with Crippen LogP contribution >= 0.6 is 15.9 Å². The van der Waals surface area contributed by atoms with Gasteiger partial charge in [0.05, 0.1) is 6.10 Å². The van der Waals surface area contributed by atoms with Crippen LogP contribution in [0.25, 0.3) is 0 Å². The largest absolute Gasteiger partial charge is 0.573 e. The fourth-order valence-corrected chi connectivity index (χ4v) is 3.00. The second kappa shape index (κ2) is 10.5. The van der Waals surface area contributed by atoms with E-state index in [1.165, 1.54) is 6.07 Å². The van der Waals surface area contributed by atoms with Crippen molar-refractivity contribution in [3.63, 3.8) is 0 Å². The van der Waals surface area contributed by atoms with E-state index in [0.717, 1.165) is 17.7 Å². The number of rotatable bonds is 8. The summed E-state index contributed by atoms with van der Waals surface area (Å²) in [4.78, 5) is 11.7. The molecule has 0 aliphatic carbocycles. The zero-order chi connectivity index (χ0) is 21.4. The summed E-state index contributed by atoms with van der Waals surface area (Å²) >= 11 is 3.05. The fourth-order valence-electron chi connectivity index (χ4n) is 2.41. The number of aliphatic hydroxyl groups excluding tert-OH is 2. The van der Waals surface area contributed by atoms with Crippen LogP contribution in [-0.4, -0.2) is 35.3 Å². The number of carbonyl (C=O) groups excluding carboxylic acids is 1. The van der Waals surface area contributed by atoms with E-state index in [2.05, 4.69) is 26.0 Å². The van der Waals surface area contributed by atoms with E-state index >= 15 is 0 Å². The molecular formula is C19H19BrF3NO5. The number of amides is 1. The van der Waals surface area contributed by atoms with Gasteiger partial charge in [-0.1, -0.05) is 52.3 Å². The highest BCUT2D eigenvalue weighted by Gasteiger charge is 2.31. The third-order valence-electron chi connectivity index (χ3n) is 3.81. The Hall–Kier alpha value is -2.30. The minimum Gasteiger partial charge on any atom is -0.445 e. The van der Waals surface area contributed by atoms with Crippen molar-refractivity contribution in [2.24, 2.45) is 0 Å². The normalized spacial score (nSPS) is 13.4. The lowest BCUT2D eigenvalue weighted by molar-refractivity contribution is -0.274. The van der Waals surface area contributed by atoms with Gasteiger partial charge >= 0.3 is 12.5 Å². The van der Waals surface area contributed by atoms with Crippen LogP contribution in [0.2, 0.25) is 0 Å². The van der Waals surface area contributed by atoms with E-state index in [-0.39, 0.29) is 29.6 Å². The molecular weight excluding hydrogens is 459 g/mol. The summed E-state index contributed by atoms with van der Waals surface area (Å²) in [7, 11) is 0. The molecule has 0 saturated carbocycles. The van der Waals surface area contributed by atoms with Gasteiger partial charge in [-0.25, -0.2) is 4.79 Å². The highest BCUT2D eigenvalue weighted by atomic mass is 79.9. The monoisotopic (exact) mass is 477 g/mol. The van der Waals surface area contributed by atoms with Gasteiger partial charge in [-0.15, -0.1) is 13.2 Å². The number of alkyl halides is 3. The predicted molar refractivity (Wildman–Crippen MR) is 101 cm³/mol. The Bertz CT molecular complexity index is 804. The maximum absolute atomic E-state index is 12.2. The number of benzene rings is 2. The van der Waals surface area contributed by atoms with E-state index in [9.17, 15) is 28.2 Å². The number of nitrogens with one attached hydrogen (secondary N) is 1. The summed E-state index contributed by atoms with van der Waals surface area (Å²) in [5.74, 6) is -0.461. The van der Waals surface area contributed by atoms with Crippen molar-refractivity contribution in [1.82, 2.24) is 5.32 Å². The Labute approximate surface area is 173 Å². The van der Waals surface area contributed by atoms with Crippen molar-refractivity contribution < 1.29 is 37.7 Å². The maximum atomic E-state index is 12.2. The van der Waals surface area contributed by atoms with E-state index in [4.69, 9.17) is 4.74 Å². The first-order chi connectivity index (χ1) is 13.7. The minimum atomic E-state index is -4.83. The second-order valence-corrected chi connectivity index (χ2v) is 6.87.